The van der Waals surface area contributed by atoms with Crippen molar-refractivity contribution in [3.63, 3.8) is 0 Å². The maximum atomic E-state index is 13.9. The number of halogens is 2. The molecule has 26 heavy (non-hydrogen) atoms. The van der Waals surface area contributed by atoms with Crippen LogP contribution < -0.4 is 0 Å². The average molecular weight is 360 g/mol. The lowest BCUT2D eigenvalue weighted by Crippen LogP contribution is -2.40. The molecule has 138 valence electrons. The number of hydrogen-bond donors (Lipinski definition) is 0. The molecule has 2 fully saturated rings. The number of aromatic nitrogens is 3. The van der Waals surface area contributed by atoms with Gasteiger partial charge < -0.3 is 9.47 Å². The molecule has 7 heteroatoms. The van der Waals surface area contributed by atoms with E-state index in [1.54, 1.807) is 4.90 Å². The number of carbonyl (C=O) groups is 1. The molecule has 1 atom stereocenters. The van der Waals surface area contributed by atoms with E-state index in [9.17, 15) is 13.6 Å². The summed E-state index contributed by atoms with van der Waals surface area (Å²) in [4.78, 5) is 22.4. The fraction of sp³-hybridized carbons (Fsp3) is 0.526. The smallest absolute Gasteiger partial charge is 0.275 e. The molecular weight excluding hydrogens is 338 g/mol. The predicted octanol–water partition coefficient (Wildman–Crippen LogP) is 3.38. The van der Waals surface area contributed by atoms with Crippen LogP contribution in [0.1, 0.15) is 54.3 Å². The number of pyridine rings is 1. The van der Waals surface area contributed by atoms with Gasteiger partial charge in [0.25, 0.3) is 5.91 Å². The Morgan fingerprint density at radius 3 is 2.77 bits per heavy atom. The van der Waals surface area contributed by atoms with Gasteiger partial charge in [-0.25, -0.2) is 18.7 Å². The molecule has 4 rings (SSSR count). The molecule has 3 heterocycles. The first-order valence-corrected chi connectivity index (χ1v) is 9.23. The molecule has 0 aromatic carbocycles. The Morgan fingerprint density at radius 1 is 1.19 bits per heavy atom. The lowest BCUT2D eigenvalue weighted by molar-refractivity contribution is 0.0691. The first kappa shape index (κ1) is 17.1. The minimum absolute atomic E-state index is 0.131. The molecule has 2 aliphatic rings. The Balaban J connectivity index is 1.49. The molecule has 0 N–H and O–H groups in total. The number of rotatable bonds is 4. The van der Waals surface area contributed by atoms with E-state index in [4.69, 9.17) is 0 Å². The zero-order chi connectivity index (χ0) is 18.1. The van der Waals surface area contributed by atoms with Crippen molar-refractivity contribution in [1.82, 2.24) is 19.4 Å². The van der Waals surface area contributed by atoms with Gasteiger partial charge in [0.05, 0.1) is 6.20 Å². The highest BCUT2D eigenvalue weighted by atomic mass is 19.1. The maximum absolute atomic E-state index is 13.9. The molecule has 1 aliphatic heterocycles. The van der Waals surface area contributed by atoms with E-state index in [0.29, 0.717) is 19.2 Å². The van der Waals surface area contributed by atoms with Gasteiger partial charge in [0, 0.05) is 44.0 Å². The minimum atomic E-state index is -0.913. The van der Waals surface area contributed by atoms with Crippen LogP contribution in [0.2, 0.25) is 0 Å². The first-order chi connectivity index (χ1) is 12.6. The van der Waals surface area contributed by atoms with E-state index in [0.717, 1.165) is 37.3 Å². The van der Waals surface area contributed by atoms with Gasteiger partial charge in [0.15, 0.2) is 11.5 Å². The van der Waals surface area contributed by atoms with Crippen molar-refractivity contribution < 1.29 is 13.6 Å². The number of hydrogen-bond acceptors (Lipinski definition) is 3. The highest BCUT2D eigenvalue weighted by Crippen LogP contribution is 2.31. The predicted molar refractivity (Wildman–Crippen MR) is 91.6 cm³/mol. The van der Waals surface area contributed by atoms with Crippen LogP contribution in [0.15, 0.2) is 24.7 Å². The molecule has 2 aromatic heterocycles. The normalized spacial score (nSPS) is 20.8. The second-order valence-electron chi connectivity index (χ2n) is 7.31. The van der Waals surface area contributed by atoms with E-state index >= 15 is 0 Å². The standard InChI is InChI=1S/C19H22F2N4O/c20-15-9-16(21)17(23-10-15)19(26)25-7-2-5-14(12-25)18-22-6-8-24(18)11-13-3-1-4-13/h6,8-10,13-14H,1-5,7,11-12H2/t14-/m0/s1. The van der Waals surface area contributed by atoms with Crippen molar-refractivity contribution in [1.29, 1.82) is 0 Å². The lowest BCUT2D eigenvalue weighted by Gasteiger charge is -2.33. The van der Waals surface area contributed by atoms with Crippen molar-refractivity contribution in [2.75, 3.05) is 13.1 Å². The summed E-state index contributed by atoms with van der Waals surface area (Å²) in [6.07, 6.45) is 10.3. The Kier molecular flexibility index (Phi) is 4.70. The zero-order valence-electron chi connectivity index (χ0n) is 14.6. The Hall–Kier alpha value is -2.31. The number of piperidine rings is 1. The van der Waals surface area contributed by atoms with Gasteiger partial charge >= 0.3 is 0 Å². The van der Waals surface area contributed by atoms with E-state index < -0.39 is 17.5 Å². The van der Waals surface area contributed by atoms with Crippen LogP contribution in [-0.2, 0) is 6.54 Å². The Morgan fingerprint density at radius 2 is 2.04 bits per heavy atom. The van der Waals surface area contributed by atoms with Gasteiger partial charge in [-0.1, -0.05) is 6.42 Å². The van der Waals surface area contributed by atoms with Crippen LogP contribution in [0.25, 0.3) is 0 Å². The van der Waals surface area contributed by atoms with Crippen molar-refractivity contribution in [3.05, 3.63) is 47.8 Å². The molecule has 1 aliphatic carbocycles. The molecule has 0 bridgehead atoms. The van der Waals surface area contributed by atoms with Crippen LogP contribution in [0.4, 0.5) is 8.78 Å². The van der Waals surface area contributed by atoms with Gasteiger partial charge in [-0.3, -0.25) is 4.79 Å². The van der Waals surface area contributed by atoms with E-state index in [1.165, 1.54) is 19.3 Å². The van der Waals surface area contributed by atoms with E-state index in [1.807, 2.05) is 12.4 Å². The van der Waals surface area contributed by atoms with Crippen molar-refractivity contribution in [2.24, 2.45) is 5.92 Å². The maximum Gasteiger partial charge on any atom is 0.275 e. The highest BCUT2D eigenvalue weighted by molar-refractivity contribution is 5.92. The second kappa shape index (κ2) is 7.13. The molecule has 5 nitrogen and oxygen atoms in total. The molecule has 0 unspecified atom stereocenters. The van der Waals surface area contributed by atoms with E-state index in [-0.39, 0.29) is 11.6 Å². The van der Waals surface area contributed by atoms with Crippen molar-refractivity contribution >= 4 is 5.91 Å². The van der Waals surface area contributed by atoms with Gasteiger partial charge in [-0.15, -0.1) is 0 Å². The number of carbonyl (C=O) groups excluding carboxylic acids is 1. The molecule has 2 aromatic rings. The number of amides is 1. The number of imidazole rings is 1. The van der Waals surface area contributed by atoms with Gasteiger partial charge in [0.1, 0.15) is 11.6 Å². The summed E-state index contributed by atoms with van der Waals surface area (Å²) in [5.41, 5.74) is -0.315. The molecular formula is C19H22F2N4O. The molecule has 1 amide bonds. The largest absolute Gasteiger partial charge is 0.336 e. The SMILES string of the molecule is O=C(c1ncc(F)cc1F)N1CCC[C@H](c2nccn2CC2CCC2)C1. The zero-order valence-corrected chi connectivity index (χ0v) is 14.6. The molecule has 0 spiro atoms. The molecule has 1 saturated heterocycles. The molecule has 0 radical (unpaired) electrons. The summed E-state index contributed by atoms with van der Waals surface area (Å²) in [6, 6.07) is 0.701. The fourth-order valence-corrected chi connectivity index (χ4v) is 3.88. The summed E-state index contributed by atoms with van der Waals surface area (Å²) in [6.45, 7) is 2.02. The van der Waals surface area contributed by atoms with Crippen LogP contribution >= 0.6 is 0 Å². The number of likely N-dealkylation sites (tertiary alicyclic amines) is 1. The quantitative estimate of drug-likeness (QED) is 0.840. The van der Waals surface area contributed by atoms with Crippen molar-refractivity contribution in [3.8, 4) is 0 Å². The van der Waals surface area contributed by atoms with Crippen LogP contribution in [0, 0.1) is 17.6 Å². The van der Waals surface area contributed by atoms with E-state index in [2.05, 4.69) is 14.5 Å². The minimum Gasteiger partial charge on any atom is -0.336 e. The third kappa shape index (κ3) is 3.34. The topological polar surface area (TPSA) is 51.0 Å². The van der Waals surface area contributed by atoms with Gasteiger partial charge in [-0.2, -0.15) is 0 Å². The van der Waals surface area contributed by atoms with Gasteiger partial charge in [-0.05, 0) is 31.6 Å². The Bertz CT molecular complexity index is 803. The first-order valence-electron chi connectivity index (χ1n) is 9.23. The summed E-state index contributed by atoms with van der Waals surface area (Å²) in [5, 5.41) is 0. The average Bonchev–Trinajstić information content (AvgIpc) is 3.06. The van der Waals surface area contributed by atoms with Crippen LogP contribution in [-0.4, -0.2) is 38.4 Å². The monoisotopic (exact) mass is 360 g/mol. The van der Waals surface area contributed by atoms with Crippen molar-refractivity contribution in [2.45, 2.75) is 44.6 Å². The number of nitrogens with zero attached hydrogens (tertiary/aromatic N) is 4. The van der Waals surface area contributed by atoms with Crippen LogP contribution in [0.5, 0.6) is 0 Å². The summed E-state index contributed by atoms with van der Waals surface area (Å²) in [5.74, 6) is -0.323. The lowest BCUT2D eigenvalue weighted by atomic mass is 9.85. The highest BCUT2D eigenvalue weighted by Gasteiger charge is 2.30. The van der Waals surface area contributed by atoms with Gasteiger partial charge in [0.2, 0.25) is 0 Å². The fourth-order valence-electron chi connectivity index (χ4n) is 3.88. The summed E-state index contributed by atoms with van der Waals surface area (Å²) < 4.78 is 29.2. The third-order valence-electron chi connectivity index (χ3n) is 5.51. The Labute approximate surface area is 151 Å². The third-order valence-corrected chi connectivity index (χ3v) is 5.51. The van der Waals surface area contributed by atoms with Crippen LogP contribution in [0.3, 0.4) is 0 Å². The molecule has 1 saturated carbocycles. The summed E-state index contributed by atoms with van der Waals surface area (Å²) >= 11 is 0. The summed E-state index contributed by atoms with van der Waals surface area (Å²) in [7, 11) is 0. The second-order valence-corrected chi connectivity index (χ2v) is 7.31.